The van der Waals surface area contributed by atoms with Crippen LogP contribution in [0.3, 0.4) is 0 Å². The minimum Gasteiger partial charge on any atom is -0.732 e. The summed E-state index contributed by atoms with van der Waals surface area (Å²) < 4.78 is 1.39. The van der Waals surface area contributed by atoms with Crippen molar-refractivity contribution in [3.05, 3.63) is 17.2 Å². The monoisotopic (exact) mass is 220 g/mol. The maximum atomic E-state index is 10.6. The molecule has 7 heteroatoms. The van der Waals surface area contributed by atoms with Gasteiger partial charge in [-0.15, -0.1) is 11.6 Å². The smallest absolute Gasteiger partial charge is 0.142 e. The number of anilines is 1. The summed E-state index contributed by atoms with van der Waals surface area (Å²) in [4.78, 5) is 3.83. The quantitative estimate of drug-likeness (QED) is 0.570. The Bertz CT molecular complexity index is 302. The molecular formula is C7H11ClN3O3-. The zero-order chi connectivity index (χ0) is 10.7. The van der Waals surface area contributed by atoms with E-state index in [0.717, 1.165) is 0 Å². The van der Waals surface area contributed by atoms with E-state index in [0.29, 0.717) is 5.82 Å². The van der Waals surface area contributed by atoms with E-state index in [1.165, 1.54) is 10.8 Å². The van der Waals surface area contributed by atoms with Crippen LogP contribution in [0.15, 0.2) is 6.20 Å². The fourth-order valence-electron chi connectivity index (χ4n) is 1.09. The van der Waals surface area contributed by atoms with Gasteiger partial charge in [0.1, 0.15) is 11.6 Å². The average molecular weight is 221 g/mol. The highest BCUT2D eigenvalue weighted by Crippen LogP contribution is 2.14. The Morgan fingerprint density at radius 1 is 1.79 bits per heavy atom. The molecule has 6 nitrogen and oxygen atoms in total. The number of hydrogen-bond donors (Lipinski definition) is 2. The van der Waals surface area contributed by atoms with Crippen molar-refractivity contribution in [2.24, 2.45) is 0 Å². The molecule has 14 heavy (non-hydrogen) atoms. The molecule has 1 heterocycles. The van der Waals surface area contributed by atoms with Crippen molar-refractivity contribution in [2.45, 2.75) is 19.6 Å². The first-order valence-electron chi connectivity index (χ1n) is 3.98. The lowest BCUT2D eigenvalue weighted by Gasteiger charge is -2.23. The highest BCUT2D eigenvalue weighted by Gasteiger charge is 2.11. The number of nitrogens with zero attached hydrogens (tertiary/aromatic N) is 3. The van der Waals surface area contributed by atoms with Crippen molar-refractivity contribution < 1.29 is 10.3 Å². The maximum absolute atomic E-state index is 10.6. The molecule has 0 unspecified atom stereocenters. The van der Waals surface area contributed by atoms with Crippen LogP contribution in [-0.4, -0.2) is 31.8 Å². The zero-order valence-electron chi connectivity index (χ0n) is 7.59. The average Bonchev–Trinajstić information content (AvgIpc) is 2.48. The molecular weight excluding hydrogens is 210 g/mol. The summed E-state index contributed by atoms with van der Waals surface area (Å²) in [5.74, 6) is 0.562. The number of aliphatic hydroxyl groups excluding tert-OH is 1. The molecule has 1 aromatic heterocycles. The molecule has 0 bridgehead atoms. The van der Waals surface area contributed by atoms with Gasteiger partial charge in [-0.3, -0.25) is 5.21 Å². The van der Waals surface area contributed by atoms with Gasteiger partial charge >= 0.3 is 0 Å². The molecule has 1 atom stereocenters. The van der Waals surface area contributed by atoms with Crippen molar-refractivity contribution in [3.8, 4) is 0 Å². The van der Waals surface area contributed by atoms with Gasteiger partial charge in [0, 0.05) is 0 Å². The second kappa shape index (κ2) is 4.61. The number of halogens is 1. The van der Waals surface area contributed by atoms with Gasteiger partial charge in [0.25, 0.3) is 0 Å². The molecule has 2 N–H and O–H groups in total. The number of aliphatic hydroxyl groups is 1. The van der Waals surface area contributed by atoms with Crippen LogP contribution in [0.5, 0.6) is 0 Å². The molecule has 0 fully saturated rings. The lowest BCUT2D eigenvalue weighted by molar-refractivity contribution is 0.174. The summed E-state index contributed by atoms with van der Waals surface area (Å²) in [6.45, 7) is 1.79. The molecule has 0 spiro atoms. The van der Waals surface area contributed by atoms with Crippen LogP contribution in [-0.2, 0) is 6.54 Å². The molecule has 0 radical (unpaired) electrons. The molecule has 80 valence electrons. The summed E-state index contributed by atoms with van der Waals surface area (Å²) in [6.07, 6.45) is 0.451. The fraction of sp³-hybridized carbons (Fsp3) is 0.571. The number of hydrogen-bond acceptors (Lipinski definition) is 5. The molecule has 0 aliphatic carbocycles. The molecule has 0 aliphatic heterocycles. The van der Waals surface area contributed by atoms with Gasteiger partial charge in [0.05, 0.1) is 24.7 Å². The summed E-state index contributed by atoms with van der Waals surface area (Å²) in [5.41, 5.74) is 0. The zero-order valence-corrected chi connectivity index (χ0v) is 8.35. The Balaban J connectivity index is 2.88. The van der Waals surface area contributed by atoms with Crippen LogP contribution in [0.25, 0.3) is 0 Å². The van der Waals surface area contributed by atoms with Crippen molar-refractivity contribution in [2.75, 3.05) is 11.1 Å². The first-order chi connectivity index (χ1) is 6.56. The summed E-state index contributed by atoms with van der Waals surface area (Å²) >= 11 is 5.42. The lowest BCUT2D eigenvalue weighted by Crippen LogP contribution is -2.22. The Morgan fingerprint density at radius 3 is 2.93 bits per heavy atom. The van der Waals surface area contributed by atoms with E-state index in [1.54, 1.807) is 6.92 Å². The number of aryl methyl sites for hydroxylation is 1. The van der Waals surface area contributed by atoms with Gasteiger partial charge in [-0.25, -0.2) is 4.98 Å². The number of aromatic nitrogens is 2. The topological polar surface area (TPSA) is 84.6 Å². The maximum Gasteiger partial charge on any atom is 0.142 e. The van der Waals surface area contributed by atoms with Crippen LogP contribution < -0.4 is 5.23 Å². The van der Waals surface area contributed by atoms with Gasteiger partial charge in [-0.2, -0.15) is 0 Å². The van der Waals surface area contributed by atoms with Crippen molar-refractivity contribution in [3.63, 3.8) is 0 Å². The highest BCUT2D eigenvalue weighted by molar-refractivity contribution is 6.18. The van der Waals surface area contributed by atoms with Crippen LogP contribution in [0.4, 0.5) is 5.82 Å². The van der Waals surface area contributed by atoms with E-state index in [2.05, 4.69) is 4.98 Å². The van der Waals surface area contributed by atoms with E-state index in [-0.39, 0.29) is 23.5 Å². The molecule has 1 rings (SSSR count). The SMILES string of the molecule is Cc1ncc(N([O-])O)n1C[C@H](O)CCl. The van der Waals surface area contributed by atoms with Gasteiger partial charge in [-0.05, 0) is 6.92 Å². The predicted molar refractivity (Wildman–Crippen MR) is 51.3 cm³/mol. The standard InChI is InChI=1S/C7H11ClN3O3/c1-5-9-3-7(11(13)14)10(5)4-6(12)2-8/h3,6,12-13H,2,4H2,1H3/q-1/t6-/m1/s1. The van der Waals surface area contributed by atoms with E-state index < -0.39 is 6.10 Å². The van der Waals surface area contributed by atoms with Crippen LogP contribution in [0.1, 0.15) is 5.82 Å². The van der Waals surface area contributed by atoms with Gasteiger partial charge < -0.3 is 20.1 Å². The second-order valence-electron chi connectivity index (χ2n) is 2.86. The number of alkyl halides is 1. The highest BCUT2D eigenvalue weighted by atomic mass is 35.5. The minimum absolute atomic E-state index is 0.0216. The Hall–Kier alpha value is -0.820. The van der Waals surface area contributed by atoms with Gasteiger partial charge in [0.15, 0.2) is 0 Å². The number of rotatable bonds is 4. The molecule has 0 amide bonds. The van der Waals surface area contributed by atoms with E-state index >= 15 is 0 Å². The predicted octanol–water partition coefficient (Wildman–Crippen LogP) is 0.485. The van der Waals surface area contributed by atoms with E-state index in [9.17, 15) is 10.3 Å². The first kappa shape index (κ1) is 11.3. The Morgan fingerprint density at radius 2 is 2.43 bits per heavy atom. The molecule has 0 saturated heterocycles. The van der Waals surface area contributed by atoms with E-state index in [4.69, 9.17) is 16.8 Å². The van der Waals surface area contributed by atoms with Crippen LogP contribution in [0.2, 0.25) is 0 Å². The third kappa shape index (κ3) is 2.36. The number of imidazole rings is 1. The molecule has 0 saturated carbocycles. The van der Waals surface area contributed by atoms with Gasteiger partial charge in [0.2, 0.25) is 0 Å². The van der Waals surface area contributed by atoms with Crippen LogP contribution >= 0.6 is 11.6 Å². The summed E-state index contributed by atoms with van der Waals surface area (Å²) in [7, 11) is 0. The van der Waals surface area contributed by atoms with Gasteiger partial charge in [-0.1, -0.05) is 0 Å². The molecule has 0 aromatic carbocycles. The normalized spacial score (nSPS) is 12.9. The lowest BCUT2D eigenvalue weighted by atomic mass is 10.4. The van der Waals surface area contributed by atoms with Crippen molar-refractivity contribution in [1.82, 2.24) is 9.55 Å². The molecule has 1 aromatic rings. The summed E-state index contributed by atoms with van der Waals surface area (Å²) in [6, 6.07) is 0. The second-order valence-corrected chi connectivity index (χ2v) is 3.16. The Labute approximate surface area is 85.9 Å². The van der Waals surface area contributed by atoms with Crippen LogP contribution in [0, 0.1) is 12.1 Å². The summed E-state index contributed by atoms with van der Waals surface area (Å²) in [5, 5.41) is 28.3. The third-order valence-corrected chi connectivity index (χ3v) is 2.16. The minimum atomic E-state index is -0.775. The third-order valence-electron chi connectivity index (χ3n) is 1.80. The fourth-order valence-corrected chi connectivity index (χ4v) is 1.19. The van der Waals surface area contributed by atoms with E-state index in [1.807, 2.05) is 0 Å². The van der Waals surface area contributed by atoms with Crippen molar-refractivity contribution >= 4 is 17.4 Å². The Kier molecular flexibility index (Phi) is 3.70. The largest absolute Gasteiger partial charge is 0.732 e. The molecule has 0 aliphatic rings. The van der Waals surface area contributed by atoms with Crippen molar-refractivity contribution in [1.29, 1.82) is 0 Å². The first-order valence-corrected chi connectivity index (χ1v) is 4.52.